The van der Waals surface area contributed by atoms with Crippen molar-refractivity contribution in [2.75, 3.05) is 13.1 Å². The van der Waals surface area contributed by atoms with E-state index in [2.05, 4.69) is 0 Å². The molecule has 1 aliphatic carbocycles. The average molecular weight is 188 g/mol. The van der Waals surface area contributed by atoms with Crippen molar-refractivity contribution >= 4 is 17.0 Å². The minimum Gasteiger partial charge on any atom is -0.329 e. The summed E-state index contributed by atoms with van der Waals surface area (Å²) in [6.45, 7) is 1.82. The van der Waals surface area contributed by atoms with Gasteiger partial charge in [0, 0.05) is 13.1 Å². The highest BCUT2D eigenvalue weighted by Crippen LogP contribution is 2.36. The van der Waals surface area contributed by atoms with Crippen LogP contribution in [0, 0.1) is 11.8 Å². The molecule has 3 heteroatoms. The molecule has 1 amide bonds. The van der Waals surface area contributed by atoms with Crippen molar-refractivity contribution < 1.29 is 4.79 Å². The molecular formula is C9H14ClNO. The van der Waals surface area contributed by atoms with E-state index in [1.165, 1.54) is 25.7 Å². The van der Waals surface area contributed by atoms with Crippen molar-refractivity contribution in [2.45, 2.75) is 25.7 Å². The van der Waals surface area contributed by atoms with Gasteiger partial charge in [-0.15, -0.1) is 0 Å². The van der Waals surface area contributed by atoms with E-state index in [0.29, 0.717) is 0 Å². The standard InChI is InChI=1S/C9H14ClNO/c10-9(12)11-5-7-3-1-2-4-8(7)6-11/h7-8H,1-6H2/t7-,8+. The summed E-state index contributed by atoms with van der Waals surface area (Å²) in [6, 6.07) is 0. The smallest absolute Gasteiger partial charge is 0.316 e. The van der Waals surface area contributed by atoms with E-state index in [1.807, 2.05) is 0 Å². The van der Waals surface area contributed by atoms with E-state index in [0.717, 1.165) is 24.9 Å². The Morgan fingerprint density at radius 2 is 1.67 bits per heavy atom. The maximum absolute atomic E-state index is 10.9. The van der Waals surface area contributed by atoms with Crippen LogP contribution in [0.25, 0.3) is 0 Å². The molecular weight excluding hydrogens is 174 g/mol. The van der Waals surface area contributed by atoms with Crippen LogP contribution in [0.3, 0.4) is 0 Å². The summed E-state index contributed by atoms with van der Waals surface area (Å²) >= 11 is 5.44. The quantitative estimate of drug-likeness (QED) is 0.422. The normalized spacial score (nSPS) is 34.9. The summed E-state index contributed by atoms with van der Waals surface area (Å²) in [5.74, 6) is 1.50. The molecule has 68 valence electrons. The second-order valence-corrected chi connectivity index (χ2v) is 4.29. The van der Waals surface area contributed by atoms with Crippen LogP contribution in [-0.2, 0) is 0 Å². The second kappa shape index (κ2) is 3.25. The van der Waals surface area contributed by atoms with Gasteiger partial charge in [0.1, 0.15) is 0 Å². The first kappa shape index (κ1) is 8.36. The Morgan fingerprint density at radius 3 is 2.08 bits per heavy atom. The van der Waals surface area contributed by atoms with Crippen LogP contribution >= 0.6 is 11.6 Å². The monoisotopic (exact) mass is 187 g/mol. The van der Waals surface area contributed by atoms with Crippen molar-refractivity contribution in [3.05, 3.63) is 0 Å². The highest BCUT2D eigenvalue weighted by atomic mass is 35.5. The van der Waals surface area contributed by atoms with Gasteiger partial charge in [0.25, 0.3) is 0 Å². The Balaban J connectivity index is 1.98. The minimum atomic E-state index is -0.260. The summed E-state index contributed by atoms with van der Waals surface area (Å²) in [5.41, 5.74) is 0. The molecule has 0 N–H and O–H groups in total. The molecule has 0 bridgehead atoms. The van der Waals surface area contributed by atoms with Crippen LogP contribution < -0.4 is 0 Å². The molecule has 2 fully saturated rings. The molecule has 0 unspecified atom stereocenters. The fourth-order valence-corrected chi connectivity index (χ4v) is 2.69. The summed E-state index contributed by atoms with van der Waals surface area (Å²) in [7, 11) is 0. The maximum atomic E-state index is 10.9. The van der Waals surface area contributed by atoms with Crippen molar-refractivity contribution in [1.29, 1.82) is 0 Å². The number of hydrogen-bond donors (Lipinski definition) is 0. The number of nitrogens with zero attached hydrogens (tertiary/aromatic N) is 1. The zero-order chi connectivity index (χ0) is 8.55. The number of likely N-dealkylation sites (tertiary alicyclic amines) is 1. The van der Waals surface area contributed by atoms with Gasteiger partial charge in [0.05, 0.1) is 0 Å². The molecule has 2 rings (SSSR count). The summed E-state index contributed by atoms with van der Waals surface area (Å²) < 4.78 is 0. The van der Waals surface area contributed by atoms with E-state index in [9.17, 15) is 4.79 Å². The molecule has 1 heterocycles. The summed E-state index contributed by atoms with van der Waals surface area (Å²) in [4.78, 5) is 12.7. The van der Waals surface area contributed by atoms with Crippen LogP contribution in [-0.4, -0.2) is 23.4 Å². The molecule has 2 atom stereocenters. The SMILES string of the molecule is O=C(Cl)N1C[C@H]2CCCC[C@H]2C1. The Labute approximate surface area is 77.9 Å². The highest BCUT2D eigenvalue weighted by molar-refractivity contribution is 6.62. The zero-order valence-electron chi connectivity index (χ0n) is 7.13. The molecule has 2 nitrogen and oxygen atoms in total. The molecule has 0 aromatic carbocycles. The fraction of sp³-hybridized carbons (Fsp3) is 0.889. The third kappa shape index (κ3) is 1.45. The lowest BCUT2D eigenvalue weighted by atomic mass is 9.82. The minimum absolute atomic E-state index is 0.260. The summed E-state index contributed by atoms with van der Waals surface area (Å²) in [5, 5.41) is -0.260. The Hall–Kier alpha value is -0.240. The van der Waals surface area contributed by atoms with Gasteiger partial charge in [0.15, 0.2) is 0 Å². The van der Waals surface area contributed by atoms with E-state index in [4.69, 9.17) is 11.6 Å². The molecule has 0 aromatic heterocycles. The third-order valence-electron chi connectivity index (χ3n) is 3.22. The van der Waals surface area contributed by atoms with Gasteiger partial charge >= 0.3 is 5.37 Å². The Bertz CT molecular complexity index is 181. The third-order valence-corrected chi connectivity index (χ3v) is 3.46. The van der Waals surface area contributed by atoms with Gasteiger partial charge in [0.2, 0.25) is 0 Å². The highest BCUT2D eigenvalue weighted by Gasteiger charge is 2.35. The first-order valence-electron chi connectivity index (χ1n) is 4.72. The molecule has 0 aromatic rings. The van der Waals surface area contributed by atoms with E-state index < -0.39 is 0 Å². The fourth-order valence-electron chi connectivity index (χ4n) is 2.55. The van der Waals surface area contributed by atoms with Gasteiger partial charge < -0.3 is 4.90 Å². The number of amides is 1. The largest absolute Gasteiger partial charge is 0.329 e. The lowest BCUT2D eigenvalue weighted by Crippen LogP contribution is -2.23. The van der Waals surface area contributed by atoms with Gasteiger partial charge in [-0.2, -0.15) is 0 Å². The number of carbonyl (C=O) groups is 1. The number of carbonyl (C=O) groups excluding carboxylic acids is 1. The van der Waals surface area contributed by atoms with Crippen molar-refractivity contribution in [3.63, 3.8) is 0 Å². The van der Waals surface area contributed by atoms with Crippen LogP contribution in [0.2, 0.25) is 0 Å². The molecule has 2 aliphatic rings. The van der Waals surface area contributed by atoms with Crippen LogP contribution in [0.15, 0.2) is 0 Å². The van der Waals surface area contributed by atoms with Crippen molar-refractivity contribution in [2.24, 2.45) is 11.8 Å². The number of hydrogen-bond acceptors (Lipinski definition) is 1. The predicted octanol–water partition coefficient (Wildman–Crippen LogP) is 2.47. The van der Waals surface area contributed by atoms with Crippen LogP contribution in [0.1, 0.15) is 25.7 Å². The van der Waals surface area contributed by atoms with Crippen LogP contribution in [0.5, 0.6) is 0 Å². The molecule has 0 radical (unpaired) electrons. The first-order chi connectivity index (χ1) is 5.77. The molecule has 0 spiro atoms. The second-order valence-electron chi connectivity index (χ2n) is 3.96. The Morgan fingerprint density at radius 1 is 1.17 bits per heavy atom. The van der Waals surface area contributed by atoms with E-state index in [1.54, 1.807) is 4.90 Å². The topological polar surface area (TPSA) is 20.3 Å². The Kier molecular flexibility index (Phi) is 2.26. The lowest BCUT2D eigenvalue weighted by molar-refractivity contribution is 0.230. The van der Waals surface area contributed by atoms with Gasteiger partial charge in [-0.3, -0.25) is 4.79 Å². The van der Waals surface area contributed by atoms with Gasteiger partial charge in [-0.1, -0.05) is 12.8 Å². The van der Waals surface area contributed by atoms with Gasteiger partial charge in [-0.05, 0) is 36.3 Å². The van der Waals surface area contributed by atoms with Gasteiger partial charge in [-0.25, -0.2) is 0 Å². The first-order valence-corrected chi connectivity index (χ1v) is 5.09. The number of fused-ring (bicyclic) bond motifs is 1. The average Bonchev–Trinajstić information content (AvgIpc) is 2.46. The van der Waals surface area contributed by atoms with E-state index in [-0.39, 0.29) is 5.37 Å². The predicted molar refractivity (Wildman–Crippen MR) is 48.3 cm³/mol. The maximum Gasteiger partial charge on any atom is 0.316 e. The molecule has 1 saturated heterocycles. The van der Waals surface area contributed by atoms with Crippen molar-refractivity contribution in [1.82, 2.24) is 4.90 Å². The molecule has 12 heavy (non-hydrogen) atoms. The lowest BCUT2D eigenvalue weighted by Gasteiger charge is -2.22. The van der Waals surface area contributed by atoms with E-state index >= 15 is 0 Å². The number of rotatable bonds is 0. The molecule has 1 saturated carbocycles. The molecule has 1 aliphatic heterocycles. The summed E-state index contributed by atoms with van der Waals surface area (Å²) in [6.07, 6.45) is 5.27. The van der Waals surface area contributed by atoms with Crippen molar-refractivity contribution in [3.8, 4) is 0 Å². The number of halogens is 1. The van der Waals surface area contributed by atoms with Crippen LogP contribution in [0.4, 0.5) is 4.79 Å². The zero-order valence-corrected chi connectivity index (χ0v) is 7.89.